The Morgan fingerprint density at radius 3 is 2.27 bits per heavy atom. The van der Waals surface area contributed by atoms with E-state index in [2.05, 4.69) is 23.8 Å². The summed E-state index contributed by atoms with van der Waals surface area (Å²) in [6, 6.07) is 2.83. The molecule has 0 radical (unpaired) electrons. The van der Waals surface area contributed by atoms with Crippen LogP contribution in [0.5, 0.6) is 0 Å². The van der Waals surface area contributed by atoms with Gasteiger partial charge in [-0.1, -0.05) is 0 Å². The molecule has 2 aliphatic heterocycles. The fourth-order valence-electron chi connectivity index (χ4n) is 4.58. The number of carbonyl (C=O) groups is 1. The summed E-state index contributed by atoms with van der Waals surface area (Å²) in [6.07, 6.45) is -6.85. The molecule has 0 saturated carbocycles. The van der Waals surface area contributed by atoms with E-state index in [1.54, 1.807) is 0 Å². The number of amides is 1. The Kier molecular flexibility index (Phi) is 9.13. The number of pyridine rings is 1. The minimum absolute atomic E-state index is 0.0505. The van der Waals surface area contributed by atoms with Gasteiger partial charge in [0.2, 0.25) is 0 Å². The number of phosphoric acid groups is 2. The molecule has 23 heteroatoms. The minimum atomic E-state index is -5.37. The first-order valence-electron chi connectivity index (χ1n) is 12.6. The number of hydrogen-bond acceptors (Lipinski definition) is 16. The van der Waals surface area contributed by atoms with E-state index in [0.717, 1.165) is 6.33 Å². The van der Waals surface area contributed by atoms with Crippen molar-refractivity contribution in [1.29, 1.82) is 0 Å². The zero-order chi connectivity index (χ0) is 32.0. The van der Waals surface area contributed by atoms with Crippen LogP contribution in [0, 0.1) is 0 Å². The molecule has 5 heterocycles. The Labute approximate surface area is 246 Å². The first-order chi connectivity index (χ1) is 20.7. The number of rotatable bonds is 11. The number of aliphatic hydroxyl groups is 4. The van der Waals surface area contributed by atoms with E-state index in [9.17, 15) is 44.1 Å². The van der Waals surface area contributed by atoms with Gasteiger partial charge in [-0.3, -0.25) is 18.4 Å². The van der Waals surface area contributed by atoms with E-state index in [1.165, 1.54) is 40.0 Å². The normalized spacial score (nSPS) is 31.6. The van der Waals surface area contributed by atoms with Crippen molar-refractivity contribution in [3.63, 3.8) is 0 Å². The molecule has 5 rings (SSSR count). The number of nitrogens with two attached hydrogens (primary N) is 2. The SMILES string of the molecule is NC(=O)c1ccc[n+]([C@H]2O[C@H](COP(=O)(O)OP(=O)(O)OC[C@H]3O[C@@H](n4cnc5c(N)ncnc54)[C@H](O)[C@@H]3O)[C@@H](O)[C@@H]2O)c1. The summed E-state index contributed by atoms with van der Waals surface area (Å²) in [5.41, 5.74) is 11.4. The predicted molar refractivity (Wildman–Crippen MR) is 139 cm³/mol. The summed E-state index contributed by atoms with van der Waals surface area (Å²) in [5.74, 6) is -0.714. The molecule has 2 aliphatic rings. The lowest BCUT2D eigenvalue weighted by molar-refractivity contribution is -0.765. The number of fused-ring (bicyclic) bond motifs is 1. The Bertz CT molecular complexity index is 1630. The van der Waals surface area contributed by atoms with Gasteiger partial charge in [-0.05, 0) is 6.07 Å². The summed E-state index contributed by atoms with van der Waals surface area (Å²) in [4.78, 5) is 43.3. The van der Waals surface area contributed by atoms with Crippen LogP contribution in [-0.4, -0.2) is 105 Å². The van der Waals surface area contributed by atoms with Gasteiger partial charge >= 0.3 is 15.6 Å². The van der Waals surface area contributed by atoms with E-state index in [0.29, 0.717) is 0 Å². The van der Waals surface area contributed by atoms with Crippen LogP contribution in [0.4, 0.5) is 5.82 Å². The fourth-order valence-corrected chi connectivity index (χ4v) is 6.67. The summed E-state index contributed by atoms with van der Waals surface area (Å²) < 4.78 is 52.0. The average molecular weight is 664 g/mol. The summed E-state index contributed by atoms with van der Waals surface area (Å²) >= 11 is 0. The molecule has 2 fully saturated rings. The van der Waals surface area contributed by atoms with Gasteiger partial charge in [-0.15, -0.1) is 0 Å². The molecule has 240 valence electrons. The van der Waals surface area contributed by atoms with Gasteiger partial charge in [0.15, 0.2) is 36.2 Å². The van der Waals surface area contributed by atoms with Gasteiger partial charge in [0.1, 0.15) is 47.9 Å². The number of hydrogen-bond donors (Lipinski definition) is 8. The first kappa shape index (κ1) is 32.4. The van der Waals surface area contributed by atoms with Crippen LogP contribution in [0.25, 0.3) is 11.2 Å². The van der Waals surface area contributed by atoms with Crippen LogP contribution < -0.4 is 16.0 Å². The highest BCUT2D eigenvalue weighted by molar-refractivity contribution is 7.61. The van der Waals surface area contributed by atoms with E-state index in [-0.39, 0.29) is 22.5 Å². The van der Waals surface area contributed by atoms with Crippen molar-refractivity contribution >= 4 is 38.5 Å². The second-order valence-corrected chi connectivity index (χ2v) is 12.7. The molecule has 21 nitrogen and oxygen atoms in total. The number of phosphoric ester groups is 2. The smallest absolute Gasteiger partial charge is 0.387 e. The minimum Gasteiger partial charge on any atom is -0.387 e. The van der Waals surface area contributed by atoms with Crippen LogP contribution >= 0.6 is 15.6 Å². The van der Waals surface area contributed by atoms with Gasteiger partial charge < -0.3 is 51.2 Å². The van der Waals surface area contributed by atoms with Crippen LogP contribution in [0.1, 0.15) is 22.8 Å². The highest BCUT2D eigenvalue weighted by Crippen LogP contribution is 2.60. The van der Waals surface area contributed by atoms with Crippen molar-refractivity contribution in [2.75, 3.05) is 18.9 Å². The quantitative estimate of drug-likeness (QED) is 0.0747. The molecule has 1 amide bonds. The second-order valence-electron chi connectivity index (χ2n) is 9.69. The molecule has 3 aromatic rings. The molecule has 0 spiro atoms. The second kappa shape index (κ2) is 12.4. The number of nitrogens with zero attached hydrogens (tertiary/aromatic N) is 5. The number of imidazole rings is 1. The van der Waals surface area contributed by atoms with Gasteiger partial charge in [0.05, 0.1) is 19.5 Å². The number of anilines is 1. The number of aliphatic hydroxyl groups excluding tert-OH is 4. The maximum Gasteiger partial charge on any atom is 0.481 e. The van der Waals surface area contributed by atoms with Crippen LogP contribution in [0.15, 0.2) is 37.2 Å². The van der Waals surface area contributed by atoms with Crippen molar-refractivity contribution < 1.29 is 71.5 Å². The molecular weight excluding hydrogens is 636 g/mol. The van der Waals surface area contributed by atoms with Gasteiger partial charge in [-0.2, -0.15) is 8.88 Å². The summed E-state index contributed by atoms with van der Waals surface area (Å²) in [5, 5.41) is 41.6. The highest BCUT2D eigenvalue weighted by atomic mass is 31.3. The van der Waals surface area contributed by atoms with E-state index in [1.807, 2.05) is 0 Å². The van der Waals surface area contributed by atoms with Crippen LogP contribution in [0.3, 0.4) is 0 Å². The largest absolute Gasteiger partial charge is 0.481 e. The molecule has 2 saturated heterocycles. The number of primary amides is 1. The van der Waals surface area contributed by atoms with Gasteiger partial charge in [0, 0.05) is 6.07 Å². The van der Waals surface area contributed by atoms with E-state index >= 15 is 0 Å². The lowest BCUT2D eigenvalue weighted by Gasteiger charge is -2.20. The molecule has 44 heavy (non-hydrogen) atoms. The van der Waals surface area contributed by atoms with Crippen molar-refractivity contribution in [2.45, 2.75) is 49.1 Å². The Morgan fingerprint density at radius 1 is 0.977 bits per heavy atom. The third-order valence-corrected chi connectivity index (χ3v) is 9.35. The van der Waals surface area contributed by atoms with Gasteiger partial charge in [0.25, 0.3) is 12.1 Å². The molecule has 0 aliphatic carbocycles. The molecule has 3 aromatic heterocycles. The first-order valence-corrected chi connectivity index (χ1v) is 15.6. The molecule has 10 N–H and O–H groups in total. The molecular formula is C21H28N7O14P2+. The topological polar surface area (TPSA) is 318 Å². The third-order valence-electron chi connectivity index (χ3n) is 6.75. The molecule has 0 bridgehead atoms. The lowest BCUT2D eigenvalue weighted by Crippen LogP contribution is -2.46. The third kappa shape index (κ3) is 6.65. The summed E-state index contributed by atoms with van der Waals surface area (Å²) in [6.45, 7) is -1.80. The number of ether oxygens (including phenoxy) is 2. The van der Waals surface area contributed by atoms with E-state index in [4.69, 9.17) is 25.5 Å². The number of carbonyl (C=O) groups excluding carboxylic acids is 1. The zero-order valence-corrected chi connectivity index (χ0v) is 24.0. The fraction of sp³-hybridized carbons (Fsp3) is 0.476. The zero-order valence-electron chi connectivity index (χ0n) is 22.2. The van der Waals surface area contributed by atoms with Crippen molar-refractivity contribution in [2.24, 2.45) is 5.73 Å². The number of aromatic nitrogens is 5. The molecule has 10 atom stereocenters. The Morgan fingerprint density at radius 2 is 1.61 bits per heavy atom. The maximum atomic E-state index is 12.4. The van der Waals surface area contributed by atoms with Crippen LogP contribution in [-0.2, 0) is 32.0 Å². The van der Waals surface area contributed by atoms with Crippen molar-refractivity contribution in [3.05, 3.63) is 42.7 Å². The average Bonchev–Trinajstić information content (AvgIpc) is 3.61. The van der Waals surface area contributed by atoms with Crippen molar-refractivity contribution in [1.82, 2.24) is 19.5 Å². The monoisotopic (exact) mass is 664 g/mol. The van der Waals surface area contributed by atoms with Crippen molar-refractivity contribution in [3.8, 4) is 0 Å². The molecule has 0 aromatic carbocycles. The Balaban J connectivity index is 1.16. The van der Waals surface area contributed by atoms with Crippen LogP contribution in [0.2, 0.25) is 0 Å². The lowest BCUT2D eigenvalue weighted by atomic mass is 10.1. The van der Waals surface area contributed by atoms with E-state index < -0.39 is 83.8 Å². The number of nitrogen functional groups attached to an aromatic ring is 1. The maximum absolute atomic E-state index is 12.4. The van der Waals surface area contributed by atoms with Gasteiger partial charge in [-0.25, -0.2) is 24.1 Å². The standard InChI is InChI=1S/C21H27N7O14P2/c22-17-12-19(25-7-24-17)28(8-26-12)21-16(32)14(30)11(41-21)6-39-44(36,37)42-43(34,35)38-5-10-13(29)15(31)20(40-10)27-3-1-2-9(4-27)18(23)33/h1-4,7-8,10-11,13-16,20-21,29-32H,5-6H2,(H5-,22,23,24,25,33,34,35,36,37)/p+1/t10-,11-,13-,14-,15+,16-,20+,21-/m1/s1. The predicted octanol–water partition coefficient (Wildman–Crippen LogP) is -3.02. The Hall–Kier alpha value is -3.01. The summed E-state index contributed by atoms with van der Waals surface area (Å²) in [7, 11) is -10.7. The highest BCUT2D eigenvalue weighted by Gasteiger charge is 2.50. The molecule has 2 unspecified atom stereocenters.